The number of Topliss-reactive ketones (excluding diaryl/α,β-unsaturated/α-hetero) is 1. The van der Waals surface area contributed by atoms with Crippen molar-refractivity contribution < 1.29 is 4.79 Å². The van der Waals surface area contributed by atoms with E-state index in [1.165, 1.54) is 6.20 Å². The summed E-state index contributed by atoms with van der Waals surface area (Å²) in [4.78, 5) is 12.1. The summed E-state index contributed by atoms with van der Waals surface area (Å²) in [5.41, 5.74) is 1.42. The molecule has 0 amide bonds. The van der Waals surface area contributed by atoms with Gasteiger partial charge in [-0.25, -0.2) is 0 Å². The second-order valence-electron chi connectivity index (χ2n) is 3.61. The molecule has 0 aliphatic heterocycles. The molecule has 0 N–H and O–H groups in total. The van der Waals surface area contributed by atoms with Crippen molar-refractivity contribution in [2.24, 2.45) is 0 Å². The summed E-state index contributed by atoms with van der Waals surface area (Å²) < 4.78 is 1.66. The van der Waals surface area contributed by atoms with E-state index >= 15 is 0 Å². The highest BCUT2D eigenvalue weighted by Crippen LogP contribution is 2.25. The van der Waals surface area contributed by atoms with Crippen LogP contribution in [-0.2, 0) is 6.54 Å². The second-order valence-corrected chi connectivity index (χ2v) is 4.01. The smallest absolute Gasteiger partial charge is 0.208 e. The van der Waals surface area contributed by atoms with Gasteiger partial charge in [0.15, 0.2) is 0 Å². The Balaban J connectivity index is 2.35. The van der Waals surface area contributed by atoms with Gasteiger partial charge in [0.05, 0.1) is 11.2 Å². The first-order valence-electron chi connectivity index (χ1n) is 5.19. The monoisotopic (exact) mass is 224 g/mol. The first kappa shape index (κ1) is 10.4. The first-order valence-corrected chi connectivity index (χ1v) is 5.57. The number of ketones is 1. The lowest BCUT2D eigenvalue weighted by Gasteiger charge is -2.04. The summed E-state index contributed by atoms with van der Waals surface area (Å²) >= 11 is 5.97. The van der Waals surface area contributed by atoms with Crippen LogP contribution in [0.25, 0.3) is 0 Å². The van der Waals surface area contributed by atoms with Crippen molar-refractivity contribution in [2.75, 3.05) is 0 Å². The fourth-order valence-electron chi connectivity index (χ4n) is 1.86. The minimum Gasteiger partial charge on any atom is -0.287 e. The highest BCUT2D eigenvalue weighted by Gasteiger charge is 2.21. The largest absolute Gasteiger partial charge is 0.287 e. The van der Waals surface area contributed by atoms with Crippen LogP contribution in [0.1, 0.15) is 36.7 Å². The number of aromatic nitrogens is 2. The SMILES string of the molecule is CCn1ncc(Cl)c1C(=O)C1=CCCC1. The number of carbonyl (C=O) groups is 1. The molecule has 1 aliphatic rings. The lowest BCUT2D eigenvalue weighted by molar-refractivity contribution is 0.102. The molecule has 0 saturated heterocycles. The van der Waals surface area contributed by atoms with Crippen LogP contribution in [0.2, 0.25) is 5.02 Å². The Hall–Kier alpha value is -1.09. The lowest BCUT2D eigenvalue weighted by atomic mass is 10.1. The van der Waals surface area contributed by atoms with Crippen LogP contribution in [0, 0.1) is 0 Å². The molecule has 1 heterocycles. The van der Waals surface area contributed by atoms with Gasteiger partial charge in [0, 0.05) is 6.54 Å². The predicted octanol–water partition coefficient (Wildman–Crippen LogP) is 2.85. The second kappa shape index (κ2) is 4.19. The van der Waals surface area contributed by atoms with Gasteiger partial charge in [-0.1, -0.05) is 17.7 Å². The van der Waals surface area contributed by atoms with Crippen LogP contribution < -0.4 is 0 Å². The maximum absolute atomic E-state index is 12.1. The van der Waals surface area contributed by atoms with Crippen molar-refractivity contribution in [3.05, 3.63) is 28.6 Å². The van der Waals surface area contributed by atoms with E-state index in [4.69, 9.17) is 11.6 Å². The Bertz CT molecular complexity index is 420. The molecule has 80 valence electrons. The summed E-state index contributed by atoms with van der Waals surface area (Å²) in [5, 5.41) is 4.52. The quantitative estimate of drug-likeness (QED) is 0.740. The highest BCUT2D eigenvalue weighted by molar-refractivity contribution is 6.34. The molecule has 0 unspecified atom stereocenters. The van der Waals surface area contributed by atoms with Crippen molar-refractivity contribution in [1.82, 2.24) is 9.78 Å². The summed E-state index contributed by atoms with van der Waals surface area (Å²) in [7, 11) is 0. The molecule has 0 bridgehead atoms. The third-order valence-electron chi connectivity index (χ3n) is 2.64. The van der Waals surface area contributed by atoms with Gasteiger partial charge < -0.3 is 0 Å². The number of hydrogen-bond donors (Lipinski definition) is 0. The van der Waals surface area contributed by atoms with Crippen molar-refractivity contribution in [3.63, 3.8) is 0 Å². The van der Waals surface area contributed by atoms with Gasteiger partial charge in [0.25, 0.3) is 0 Å². The van der Waals surface area contributed by atoms with E-state index in [1.54, 1.807) is 4.68 Å². The molecule has 0 fully saturated rings. The number of allylic oxidation sites excluding steroid dienone is 2. The number of nitrogens with zero attached hydrogens (tertiary/aromatic N) is 2. The molecule has 2 rings (SSSR count). The van der Waals surface area contributed by atoms with E-state index in [0.717, 1.165) is 24.8 Å². The molecule has 0 radical (unpaired) electrons. The molecule has 0 saturated carbocycles. The molecular formula is C11H13ClN2O. The number of rotatable bonds is 3. The summed E-state index contributed by atoms with van der Waals surface area (Å²) in [6, 6.07) is 0. The summed E-state index contributed by atoms with van der Waals surface area (Å²) in [5.74, 6) is 0.0388. The van der Waals surface area contributed by atoms with E-state index in [-0.39, 0.29) is 5.78 Å². The van der Waals surface area contributed by atoms with Crippen molar-refractivity contribution in [3.8, 4) is 0 Å². The van der Waals surface area contributed by atoms with Crippen LogP contribution in [-0.4, -0.2) is 15.6 Å². The normalized spacial score (nSPS) is 15.5. The zero-order chi connectivity index (χ0) is 10.8. The standard InChI is InChI=1S/C11H13ClN2O/c1-2-14-10(9(12)7-13-14)11(15)8-5-3-4-6-8/h5,7H,2-4,6H2,1H3. The molecule has 4 heteroatoms. The maximum Gasteiger partial charge on any atom is 0.208 e. The Labute approximate surface area is 93.7 Å². The Kier molecular flexibility index (Phi) is 2.91. The van der Waals surface area contributed by atoms with E-state index in [9.17, 15) is 4.79 Å². The van der Waals surface area contributed by atoms with Gasteiger partial charge >= 0.3 is 0 Å². The van der Waals surface area contributed by atoms with E-state index in [0.29, 0.717) is 17.3 Å². The lowest BCUT2D eigenvalue weighted by Crippen LogP contribution is -2.11. The Morgan fingerprint density at radius 2 is 2.47 bits per heavy atom. The van der Waals surface area contributed by atoms with Gasteiger partial charge in [0.1, 0.15) is 5.69 Å². The number of hydrogen-bond acceptors (Lipinski definition) is 2. The van der Waals surface area contributed by atoms with Crippen LogP contribution in [0.15, 0.2) is 17.8 Å². The van der Waals surface area contributed by atoms with Crippen molar-refractivity contribution in [2.45, 2.75) is 32.7 Å². The molecule has 1 aliphatic carbocycles. The van der Waals surface area contributed by atoms with Crippen LogP contribution >= 0.6 is 11.6 Å². The summed E-state index contributed by atoms with van der Waals surface area (Å²) in [6.45, 7) is 2.62. The molecule has 0 aromatic carbocycles. The fraction of sp³-hybridized carbons (Fsp3) is 0.455. The van der Waals surface area contributed by atoms with Crippen molar-refractivity contribution >= 4 is 17.4 Å². The Morgan fingerprint density at radius 3 is 3.07 bits per heavy atom. The molecule has 15 heavy (non-hydrogen) atoms. The third kappa shape index (κ3) is 1.84. The van der Waals surface area contributed by atoms with Crippen LogP contribution in [0.5, 0.6) is 0 Å². The van der Waals surface area contributed by atoms with E-state index < -0.39 is 0 Å². The molecule has 1 aromatic rings. The maximum atomic E-state index is 12.1. The predicted molar refractivity (Wildman–Crippen MR) is 59.2 cm³/mol. The van der Waals surface area contributed by atoms with Gasteiger partial charge in [-0.3, -0.25) is 9.48 Å². The first-order chi connectivity index (χ1) is 7.24. The molecule has 1 aromatic heterocycles. The molecule has 0 atom stereocenters. The van der Waals surface area contributed by atoms with E-state index in [1.807, 2.05) is 13.0 Å². The Morgan fingerprint density at radius 1 is 1.67 bits per heavy atom. The van der Waals surface area contributed by atoms with E-state index in [2.05, 4.69) is 5.10 Å². The zero-order valence-corrected chi connectivity index (χ0v) is 9.42. The van der Waals surface area contributed by atoms with Crippen molar-refractivity contribution in [1.29, 1.82) is 0 Å². The number of aryl methyl sites for hydroxylation is 1. The molecular weight excluding hydrogens is 212 g/mol. The minimum atomic E-state index is 0.0388. The number of carbonyl (C=O) groups excluding carboxylic acids is 1. The highest BCUT2D eigenvalue weighted by atomic mass is 35.5. The van der Waals surface area contributed by atoms with Gasteiger partial charge in [0.2, 0.25) is 5.78 Å². The minimum absolute atomic E-state index is 0.0388. The van der Waals surface area contributed by atoms with Crippen LogP contribution in [0.4, 0.5) is 0 Å². The zero-order valence-electron chi connectivity index (χ0n) is 8.66. The average molecular weight is 225 g/mol. The average Bonchev–Trinajstić information content (AvgIpc) is 2.85. The molecule has 0 spiro atoms. The summed E-state index contributed by atoms with van der Waals surface area (Å²) in [6.07, 6.45) is 6.47. The van der Waals surface area contributed by atoms with Crippen LogP contribution in [0.3, 0.4) is 0 Å². The van der Waals surface area contributed by atoms with Gasteiger partial charge in [-0.05, 0) is 31.8 Å². The third-order valence-corrected chi connectivity index (χ3v) is 2.92. The van der Waals surface area contributed by atoms with Gasteiger partial charge in [-0.2, -0.15) is 5.10 Å². The van der Waals surface area contributed by atoms with Gasteiger partial charge in [-0.15, -0.1) is 0 Å². The fourth-order valence-corrected chi connectivity index (χ4v) is 2.08. The molecule has 3 nitrogen and oxygen atoms in total. The number of halogens is 1. The topological polar surface area (TPSA) is 34.9 Å².